The van der Waals surface area contributed by atoms with Crippen molar-refractivity contribution >= 4 is 171 Å². The van der Waals surface area contributed by atoms with E-state index in [4.69, 9.17) is 13.2 Å². The van der Waals surface area contributed by atoms with E-state index in [2.05, 4.69) is 214 Å². The Morgan fingerprint density at radius 2 is 0.643 bits per heavy atom. The standard InChI is InChI=1S/C64H37N3S3/c1-36(65-53-21-9-3-15-40(53)47-30-50-43-18-6-12-24-59(43)68-62(50)33-56(47)65)39-28-27-38(67-55-23-11-5-17-42(55)49-32-52-45-20-8-14-26-61(45)70-64(52)35-58(49)67)29-46(39)37(2)66-54-22-10-4-16-41(54)48-31-51-44-19-7-13-25-60(44)69-63(51)34-57(48)66/h3-35H,1-2H2. The molecule has 326 valence electrons. The molecule has 0 aliphatic rings. The lowest BCUT2D eigenvalue weighted by Crippen LogP contribution is -2.06. The van der Waals surface area contributed by atoms with Crippen molar-refractivity contribution in [2.75, 3.05) is 0 Å². The van der Waals surface area contributed by atoms with Gasteiger partial charge in [0.25, 0.3) is 0 Å². The molecule has 0 unspecified atom stereocenters. The van der Waals surface area contributed by atoms with E-state index in [1.165, 1.54) is 104 Å². The topological polar surface area (TPSA) is 14.8 Å². The summed E-state index contributed by atoms with van der Waals surface area (Å²) in [5.74, 6) is 0. The molecule has 6 aromatic heterocycles. The van der Waals surface area contributed by atoms with Crippen LogP contribution >= 0.6 is 34.0 Å². The predicted molar refractivity (Wildman–Crippen MR) is 307 cm³/mol. The summed E-state index contributed by atoms with van der Waals surface area (Å²) in [5.41, 5.74) is 11.8. The summed E-state index contributed by atoms with van der Waals surface area (Å²) in [6.07, 6.45) is 0. The van der Waals surface area contributed by atoms with Crippen molar-refractivity contribution in [2.45, 2.75) is 0 Å². The Morgan fingerprint density at radius 3 is 1.13 bits per heavy atom. The normalized spacial score (nSPS) is 12.4. The molecule has 10 aromatic carbocycles. The molecule has 3 nitrogen and oxygen atoms in total. The van der Waals surface area contributed by atoms with Gasteiger partial charge in [-0.05, 0) is 84.9 Å². The number of fused-ring (bicyclic) bond motifs is 18. The van der Waals surface area contributed by atoms with Crippen LogP contribution in [0.3, 0.4) is 0 Å². The number of para-hydroxylation sites is 3. The summed E-state index contributed by atoms with van der Waals surface area (Å²) in [7, 11) is 0. The Bertz CT molecular complexity index is 5000. The lowest BCUT2D eigenvalue weighted by Gasteiger charge is -2.21. The average molecular weight is 944 g/mol. The molecular weight excluding hydrogens is 907 g/mol. The van der Waals surface area contributed by atoms with E-state index in [1.54, 1.807) is 0 Å². The highest BCUT2D eigenvalue weighted by Crippen LogP contribution is 2.46. The largest absolute Gasteiger partial charge is 0.309 e. The minimum Gasteiger partial charge on any atom is -0.309 e. The molecular formula is C64H37N3S3. The maximum absolute atomic E-state index is 5.13. The highest BCUT2D eigenvalue weighted by atomic mass is 32.1. The highest BCUT2D eigenvalue weighted by molar-refractivity contribution is 7.26. The van der Waals surface area contributed by atoms with Crippen LogP contribution in [0.5, 0.6) is 0 Å². The van der Waals surface area contributed by atoms with Gasteiger partial charge in [-0.2, -0.15) is 0 Å². The smallest absolute Gasteiger partial charge is 0.0555 e. The zero-order valence-electron chi connectivity index (χ0n) is 37.5. The van der Waals surface area contributed by atoms with Crippen molar-refractivity contribution in [1.82, 2.24) is 13.7 Å². The fourth-order valence-corrected chi connectivity index (χ4v) is 15.2. The number of nitrogens with zero attached hydrogens (tertiary/aromatic N) is 3. The van der Waals surface area contributed by atoms with Crippen LogP contribution in [-0.4, -0.2) is 13.7 Å². The molecule has 0 saturated carbocycles. The van der Waals surface area contributed by atoms with E-state index in [9.17, 15) is 0 Å². The minimum atomic E-state index is 0.894. The van der Waals surface area contributed by atoms with E-state index in [1.807, 2.05) is 34.0 Å². The Kier molecular flexibility index (Phi) is 7.82. The quantitative estimate of drug-likeness (QED) is 0.163. The van der Waals surface area contributed by atoms with E-state index in [0.29, 0.717) is 0 Å². The molecule has 0 aliphatic heterocycles. The molecule has 0 atom stereocenters. The monoisotopic (exact) mass is 943 g/mol. The summed E-state index contributed by atoms with van der Waals surface area (Å²) in [4.78, 5) is 0. The second-order valence-electron chi connectivity index (χ2n) is 18.6. The van der Waals surface area contributed by atoms with Gasteiger partial charge in [0.05, 0.1) is 33.1 Å². The van der Waals surface area contributed by atoms with Crippen LogP contribution in [0.1, 0.15) is 11.1 Å². The Hall–Kier alpha value is -8.26. The SMILES string of the molecule is C=C(c1ccc(-n2c3ccccc3c3cc4c(cc32)sc2ccccc24)cc1C(=C)n1c2ccccc2c2cc3c(cc21)sc1ccccc13)n1c2ccccc2c2cc3c(cc21)sc1ccccc13. The molecule has 6 heterocycles. The van der Waals surface area contributed by atoms with Crippen LogP contribution in [0.25, 0.3) is 143 Å². The van der Waals surface area contributed by atoms with E-state index < -0.39 is 0 Å². The summed E-state index contributed by atoms with van der Waals surface area (Å²) >= 11 is 5.58. The van der Waals surface area contributed by atoms with Gasteiger partial charge in [-0.1, -0.05) is 128 Å². The van der Waals surface area contributed by atoms with E-state index in [0.717, 1.165) is 50.3 Å². The lowest BCUT2D eigenvalue weighted by atomic mass is 10.0. The average Bonchev–Trinajstić information content (AvgIpc) is 4.25. The molecule has 0 N–H and O–H groups in total. The molecule has 6 heteroatoms. The predicted octanol–water partition coefficient (Wildman–Crippen LogP) is 19.1. The first-order chi connectivity index (χ1) is 34.5. The molecule has 0 fully saturated rings. The van der Waals surface area contributed by atoms with Crippen molar-refractivity contribution in [3.8, 4) is 5.69 Å². The van der Waals surface area contributed by atoms with Crippen LogP contribution in [-0.2, 0) is 0 Å². The second-order valence-corrected chi connectivity index (χ2v) is 21.8. The number of hydrogen-bond donors (Lipinski definition) is 0. The van der Waals surface area contributed by atoms with E-state index in [-0.39, 0.29) is 0 Å². The van der Waals surface area contributed by atoms with Gasteiger partial charge >= 0.3 is 0 Å². The van der Waals surface area contributed by atoms with Crippen LogP contribution in [0.2, 0.25) is 0 Å². The summed E-state index contributed by atoms with van der Waals surface area (Å²) in [6.45, 7) is 10.2. The molecule has 16 aromatic rings. The van der Waals surface area contributed by atoms with Gasteiger partial charge in [-0.3, -0.25) is 0 Å². The van der Waals surface area contributed by atoms with Gasteiger partial charge in [0, 0.05) is 121 Å². The van der Waals surface area contributed by atoms with Crippen molar-refractivity contribution < 1.29 is 0 Å². The maximum atomic E-state index is 5.13. The highest BCUT2D eigenvalue weighted by Gasteiger charge is 2.24. The van der Waals surface area contributed by atoms with E-state index >= 15 is 0 Å². The zero-order valence-corrected chi connectivity index (χ0v) is 40.0. The first-order valence-electron chi connectivity index (χ1n) is 23.6. The van der Waals surface area contributed by atoms with Gasteiger partial charge in [-0.15, -0.1) is 34.0 Å². The fraction of sp³-hybridized carbons (Fsp3) is 0. The number of benzene rings is 10. The van der Waals surface area contributed by atoms with Gasteiger partial charge in [0.15, 0.2) is 0 Å². The van der Waals surface area contributed by atoms with Crippen molar-refractivity contribution in [3.63, 3.8) is 0 Å². The molecule has 0 aliphatic carbocycles. The Morgan fingerprint density at radius 1 is 0.271 bits per heavy atom. The third-order valence-corrected chi connectivity index (χ3v) is 18.3. The molecule has 0 amide bonds. The fourth-order valence-electron chi connectivity index (χ4n) is 11.8. The van der Waals surface area contributed by atoms with Crippen LogP contribution < -0.4 is 0 Å². The first kappa shape index (κ1) is 38.7. The number of aromatic nitrogens is 3. The third kappa shape index (κ3) is 5.22. The van der Waals surface area contributed by atoms with Crippen LogP contribution in [0, 0.1) is 0 Å². The molecule has 0 spiro atoms. The summed E-state index contributed by atoms with van der Waals surface area (Å²) in [5, 5.41) is 15.1. The molecule has 0 radical (unpaired) electrons. The third-order valence-electron chi connectivity index (χ3n) is 14.9. The molecule has 0 saturated heterocycles. The van der Waals surface area contributed by atoms with Gasteiger partial charge in [-0.25, -0.2) is 0 Å². The number of rotatable bonds is 5. The summed E-state index contributed by atoms with van der Waals surface area (Å²) < 4.78 is 15.0. The van der Waals surface area contributed by atoms with Crippen molar-refractivity contribution in [2.24, 2.45) is 0 Å². The van der Waals surface area contributed by atoms with Gasteiger partial charge in [0.1, 0.15) is 0 Å². The van der Waals surface area contributed by atoms with Crippen molar-refractivity contribution in [1.29, 1.82) is 0 Å². The minimum absolute atomic E-state index is 0.894. The Labute approximate surface area is 412 Å². The van der Waals surface area contributed by atoms with Gasteiger partial charge in [0.2, 0.25) is 0 Å². The number of thiophene rings is 3. The zero-order chi connectivity index (χ0) is 45.9. The molecule has 70 heavy (non-hydrogen) atoms. The van der Waals surface area contributed by atoms with Gasteiger partial charge < -0.3 is 13.7 Å². The second kappa shape index (κ2) is 14.2. The lowest BCUT2D eigenvalue weighted by molar-refractivity contribution is 1.15. The first-order valence-corrected chi connectivity index (χ1v) is 26.1. The van der Waals surface area contributed by atoms with Crippen LogP contribution in [0.15, 0.2) is 213 Å². The molecule has 0 bridgehead atoms. The number of hydrogen-bond acceptors (Lipinski definition) is 3. The van der Waals surface area contributed by atoms with Crippen LogP contribution in [0.4, 0.5) is 0 Å². The summed E-state index contributed by atoms with van der Waals surface area (Å²) in [6, 6.07) is 74.2. The van der Waals surface area contributed by atoms with Crippen molar-refractivity contribution in [3.05, 3.63) is 224 Å². The molecule has 16 rings (SSSR count). The Balaban J connectivity index is 0.984. The maximum Gasteiger partial charge on any atom is 0.0555 e.